The van der Waals surface area contributed by atoms with Crippen molar-refractivity contribution in [2.75, 3.05) is 19.0 Å². The van der Waals surface area contributed by atoms with Crippen LogP contribution in [0.25, 0.3) is 33.0 Å². The fourth-order valence-electron chi connectivity index (χ4n) is 3.16. The monoisotopic (exact) mass is 475 g/mol. The van der Waals surface area contributed by atoms with E-state index in [0.717, 1.165) is 11.3 Å². The summed E-state index contributed by atoms with van der Waals surface area (Å²) in [6.07, 6.45) is 6.32. The van der Waals surface area contributed by atoms with E-state index in [1.54, 1.807) is 43.9 Å². The summed E-state index contributed by atoms with van der Waals surface area (Å²) in [7, 11) is 1.56. The number of nitrogens with zero attached hydrogens (tertiary/aromatic N) is 4. The zero-order chi connectivity index (χ0) is 24.1. The molecule has 0 unspecified atom stereocenters. The van der Waals surface area contributed by atoms with E-state index in [4.69, 9.17) is 15.5 Å². The predicted molar refractivity (Wildman–Crippen MR) is 130 cm³/mol. The van der Waals surface area contributed by atoms with Gasteiger partial charge in [-0.15, -0.1) is 11.3 Å². The van der Waals surface area contributed by atoms with Crippen LogP contribution >= 0.6 is 11.3 Å². The topological polar surface area (TPSA) is 145 Å². The first-order chi connectivity index (χ1) is 16.5. The highest BCUT2D eigenvalue weighted by molar-refractivity contribution is 7.13. The number of primary amides is 1. The van der Waals surface area contributed by atoms with Gasteiger partial charge in [0.1, 0.15) is 10.8 Å². The molecule has 0 aromatic carbocycles. The van der Waals surface area contributed by atoms with E-state index in [9.17, 15) is 9.59 Å². The van der Waals surface area contributed by atoms with Crippen LogP contribution in [0.4, 0.5) is 10.6 Å². The Morgan fingerprint density at radius 2 is 1.91 bits per heavy atom. The van der Waals surface area contributed by atoms with E-state index in [-0.39, 0.29) is 11.6 Å². The van der Waals surface area contributed by atoms with Gasteiger partial charge in [0, 0.05) is 65.0 Å². The van der Waals surface area contributed by atoms with Crippen molar-refractivity contribution in [2.24, 2.45) is 5.73 Å². The van der Waals surface area contributed by atoms with E-state index in [1.807, 2.05) is 18.4 Å². The first-order valence-corrected chi connectivity index (χ1v) is 11.1. The summed E-state index contributed by atoms with van der Waals surface area (Å²) in [4.78, 5) is 41.2. The minimum atomic E-state index is -0.582. The summed E-state index contributed by atoms with van der Waals surface area (Å²) >= 11 is 1.43. The number of nitrogens with one attached hydrogen (secondary N) is 2. The minimum Gasteiger partial charge on any atom is -0.481 e. The minimum absolute atomic E-state index is 0.275. The first kappa shape index (κ1) is 22.8. The molecule has 4 heterocycles. The molecule has 4 N–H and O–H groups in total. The number of methoxy groups -OCH3 is 1. The molecule has 0 aliphatic rings. The molecule has 0 saturated heterocycles. The molecule has 0 atom stereocenters. The average Bonchev–Trinajstić information content (AvgIpc) is 3.34. The summed E-state index contributed by atoms with van der Waals surface area (Å²) in [6, 6.07) is 6.66. The molecule has 0 fully saturated rings. The van der Waals surface area contributed by atoms with Crippen molar-refractivity contribution in [3.8, 4) is 38.8 Å². The van der Waals surface area contributed by atoms with Gasteiger partial charge in [0.05, 0.1) is 18.4 Å². The molecule has 0 aliphatic heterocycles. The fourth-order valence-corrected chi connectivity index (χ4v) is 4.02. The number of carbonyl (C=O) groups excluding carboxylic acids is 2. The molecule has 172 valence electrons. The highest BCUT2D eigenvalue weighted by Gasteiger charge is 2.16. The van der Waals surface area contributed by atoms with Crippen LogP contribution in [0, 0.1) is 0 Å². The molecule has 4 rings (SSSR count). The number of anilines is 1. The fraction of sp³-hybridized carbons (Fsp3) is 0.130. The van der Waals surface area contributed by atoms with Crippen molar-refractivity contribution >= 4 is 29.1 Å². The number of pyridine rings is 3. The van der Waals surface area contributed by atoms with Crippen molar-refractivity contribution in [1.82, 2.24) is 25.3 Å². The van der Waals surface area contributed by atoms with Crippen LogP contribution < -0.4 is 21.1 Å². The van der Waals surface area contributed by atoms with Crippen LogP contribution in [0.15, 0.2) is 54.4 Å². The molecular formula is C23H21N7O3S. The number of hydrogen-bond donors (Lipinski definition) is 3. The van der Waals surface area contributed by atoms with Crippen molar-refractivity contribution in [3.63, 3.8) is 0 Å². The Hall–Kier alpha value is -4.38. The third-order valence-corrected chi connectivity index (χ3v) is 5.67. The highest BCUT2D eigenvalue weighted by Crippen LogP contribution is 2.36. The lowest BCUT2D eigenvalue weighted by Gasteiger charge is -2.11. The maximum atomic E-state index is 12.0. The van der Waals surface area contributed by atoms with Gasteiger partial charge >= 0.3 is 6.03 Å². The molecular weight excluding hydrogens is 454 g/mol. The Morgan fingerprint density at radius 3 is 2.62 bits per heavy atom. The van der Waals surface area contributed by atoms with E-state index in [1.165, 1.54) is 17.5 Å². The van der Waals surface area contributed by atoms with Crippen LogP contribution in [0.2, 0.25) is 0 Å². The predicted octanol–water partition coefficient (Wildman–Crippen LogP) is 3.58. The van der Waals surface area contributed by atoms with Crippen LogP contribution in [-0.4, -0.2) is 45.5 Å². The molecule has 0 bridgehead atoms. The normalized spacial score (nSPS) is 10.5. The van der Waals surface area contributed by atoms with Crippen molar-refractivity contribution in [3.05, 3.63) is 60.0 Å². The van der Waals surface area contributed by atoms with Gasteiger partial charge in [-0.3, -0.25) is 15.1 Å². The van der Waals surface area contributed by atoms with Crippen LogP contribution in [0.1, 0.15) is 17.3 Å². The van der Waals surface area contributed by atoms with Crippen molar-refractivity contribution in [1.29, 1.82) is 0 Å². The summed E-state index contributed by atoms with van der Waals surface area (Å²) in [6.45, 7) is 2.31. The Kier molecular flexibility index (Phi) is 6.74. The van der Waals surface area contributed by atoms with Gasteiger partial charge in [0.2, 0.25) is 11.8 Å². The summed E-state index contributed by atoms with van der Waals surface area (Å²) in [5, 5.41) is 7.99. The van der Waals surface area contributed by atoms with Gasteiger partial charge in [-0.05, 0) is 25.1 Å². The number of amides is 3. The largest absolute Gasteiger partial charge is 0.481 e. The average molecular weight is 476 g/mol. The Labute approximate surface area is 199 Å². The van der Waals surface area contributed by atoms with Gasteiger partial charge in [0.25, 0.3) is 0 Å². The Bertz CT molecular complexity index is 1340. The third kappa shape index (κ3) is 4.99. The molecule has 3 amide bonds. The van der Waals surface area contributed by atoms with Crippen molar-refractivity contribution < 1.29 is 14.3 Å². The van der Waals surface area contributed by atoms with Gasteiger partial charge < -0.3 is 15.8 Å². The number of nitrogens with two attached hydrogens (primary N) is 1. The standard InChI is InChI=1S/C23H21N7O3S/c1-3-26-23(32)30-19-7-16(17(11-27-19)14-6-15(21(24)31)9-25-8-14)22-29-18(12-34-22)13-4-5-20(33-2)28-10-13/h4-12H,3H2,1-2H3,(H2,24,31)(H2,26,27,30,32). The number of hydrogen-bond acceptors (Lipinski definition) is 8. The Morgan fingerprint density at radius 1 is 1.06 bits per heavy atom. The van der Waals surface area contributed by atoms with Gasteiger partial charge in [0.15, 0.2) is 0 Å². The number of rotatable bonds is 7. The molecule has 11 heteroatoms. The molecule has 0 spiro atoms. The molecule has 0 radical (unpaired) electrons. The van der Waals surface area contributed by atoms with E-state index < -0.39 is 5.91 Å². The lowest BCUT2D eigenvalue weighted by molar-refractivity contribution is 0.1000. The smallest absolute Gasteiger partial charge is 0.320 e. The second-order valence-electron chi connectivity index (χ2n) is 7.05. The van der Waals surface area contributed by atoms with Gasteiger partial charge in [-0.25, -0.2) is 19.7 Å². The van der Waals surface area contributed by atoms with Crippen LogP contribution in [0.5, 0.6) is 5.88 Å². The lowest BCUT2D eigenvalue weighted by atomic mass is 10.0. The van der Waals surface area contributed by atoms with Gasteiger partial charge in [-0.1, -0.05) is 0 Å². The molecule has 4 aromatic rings. The maximum absolute atomic E-state index is 12.0. The summed E-state index contributed by atoms with van der Waals surface area (Å²) in [5.41, 5.74) is 9.32. The number of urea groups is 1. The number of ether oxygens (including phenoxy) is 1. The van der Waals surface area contributed by atoms with Crippen LogP contribution in [-0.2, 0) is 0 Å². The zero-order valence-corrected chi connectivity index (χ0v) is 19.2. The molecule has 0 aliphatic carbocycles. The molecule has 0 saturated carbocycles. The van der Waals surface area contributed by atoms with Crippen LogP contribution in [0.3, 0.4) is 0 Å². The number of thiazole rings is 1. The second kappa shape index (κ2) is 10.0. The SMILES string of the molecule is CCNC(=O)Nc1cc(-c2nc(-c3ccc(OC)nc3)cs2)c(-c2cncc(C(N)=O)c2)cn1. The zero-order valence-electron chi connectivity index (χ0n) is 18.4. The first-order valence-electron chi connectivity index (χ1n) is 10.2. The Balaban J connectivity index is 1.78. The summed E-state index contributed by atoms with van der Waals surface area (Å²) in [5.74, 6) is 0.284. The van der Waals surface area contributed by atoms with E-state index in [2.05, 4.69) is 25.6 Å². The maximum Gasteiger partial charge on any atom is 0.320 e. The van der Waals surface area contributed by atoms with E-state index >= 15 is 0 Å². The lowest BCUT2D eigenvalue weighted by Crippen LogP contribution is -2.28. The van der Waals surface area contributed by atoms with Crippen molar-refractivity contribution in [2.45, 2.75) is 6.92 Å². The summed E-state index contributed by atoms with van der Waals surface area (Å²) < 4.78 is 5.12. The highest BCUT2D eigenvalue weighted by atomic mass is 32.1. The molecule has 10 nitrogen and oxygen atoms in total. The second-order valence-corrected chi connectivity index (χ2v) is 7.91. The number of aromatic nitrogens is 4. The quantitative estimate of drug-likeness (QED) is 0.370. The van der Waals surface area contributed by atoms with Gasteiger partial charge in [-0.2, -0.15) is 0 Å². The molecule has 34 heavy (non-hydrogen) atoms. The van der Waals surface area contributed by atoms with E-state index in [0.29, 0.717) is 39.9 Å². The molecule has 4 aromatic heterocycles. The third-order valence-electron chi connectivity index (χ3n) is 4.79. The number of carbonyl (C=O) groups is 2.